The van der Waals surface area contributed by atoms with Gasteiger partial charge in [-0.05, 0) is 0 Å². The van der Waals surface area contributed by atoms with Crippen molar-refractivity contribution in [2.24, 2.45) is 0 Å². The Morgan fingerprint density at radius 3 is 2.83 bits per heavy atom. The molecule has 0 bridgehead atoms. The lowest BCUT2D eigenvalue weighted by molar-refractivity contribution is -0.115. The van der Waals surface area contributed by atoms with Gasteiger partial charge in [-0.15, -0.1) is 0 Å². The number of amides is 1. The minimum Gasteiger partial charge on any atom is -0.323 e. The second-order valence-electron chi connectivity index (χ2n) is 2.01. The normalized spacial score (nSPS) is 8.58. The Balaban J connectivity index is 2.54. The van der Waals surface area contributed by atoms with Crippen molar-refractivity contribution in [1.82, 2.24) is 9.97 Å². The summed E-state index contributed by atoms with van der Waals surface area (Å²) in [6.45, 7) is 0. The number of nitrogens with one attached hydrogen (secondary N) is 1. The molecule has 0 saturated carbocycles. The molecule has 1 heterocycles. The third-order valence-corrected chi connectivity index (χ3v) is 1.08. The summed E-state index contributed by atoms with van der Waals surface area (Å²) in [6.07, 6.45) is 4.12. The van der Waals surface area contributed by atoms with Gasteiger partial charge in [-0.2, -0.15) is 5.26 Å². The monoisotopic (exact) mass is 162 g/mol. The van der Waals surface area contributed by atoms with E-state index in [9.17, 15) is 4.79 Å². The van der Waals surface area contributed by atoms with Crippen LogP contribution in [0.3, 0.4) is 0 Å². The van der Waals surface area contributed by atoms with Gasteiger partial charge in [0.15, 0.2) is 0 Å². The lowest BCUT2D eigenvalue weighted by atomic mass is 10.4. The van der Waals surface area contributed by atoms with Gasteiger partial charge in [-0.1, -0.05) is 0 Å². The predicted octanol–water partition coefficient (Wildman–Crippen LogP) is 0.329. The van der Waals surface area contributed by atoms with Crippen LogP contribution in [-0.2, 0) is 4.79 Å². The molecule has 1 amide bonds. The zero-order valence-corrected chi connectivity index (χ0v) is 6.19. The molecule has 0 radical (unpaired) electrons. The maximum atomic E-state index is 10.8. The first-order valence-electron chi connectivity index (χ1n) is 3.24. The minimum atomic E-state index is -0.354. The lowest BCUT2D eigenvalue weighted by Gasteiger charge is -1.98. The van der Waals surface area contributed by atoms with Crippen LogP contribution >= 0.6 is 0 Å². The van der Waals surface area contributed by atoms with E-state index in [1.807, 2.05) is 0 Å². The highest BCUT2D eigenvalue weighted by molar-refractivity contribution is 5.91. The molecule has 5 nitrogen and oxygen atoms in total. The van der Waals surface area contributed by atoms with Crippen LogP contribution in [0, 0.1) is 11.3 Å². The fourth-order valence-electron chi connectivity index (χ4n) is 0.641. The van der Waals surface area contributed by atoms with E-state index in [0.717, 1.165) is 0 Å². The summed E-state index contributed by atoms with van der Waals surface area (Å²) in [5, 5.41) is 10.6. The van der Waals surface area contributed by atoms with E-state index in [4.69, 9.17) is 5.26 Å². The molecule has 0 aliphatic heterocycles. The fourth-order valence-corrected chi connectivity index (χ4v) is 0.641. The van der Waals surface area contributed by atoms with E-state index in [0.29, 0.717) is 5.69 Å². The summed E-state index contributed by atoms with van der Waals surface area (Å²) < 4.78 is 0. The minimum absolute atomic E-state index is 0.158. The number of aromatic nitrogens is 2. The molecular weight excluding hydrogens is 156 g/mol. The molecule has 0 spiro atoms. The molecule has 60 valence electrons. The molecule has 12 heavy (non-hydrogen) atoms. The van der Waals surface area contributed by atoms with Crippen LogP contribution in [0.5, 0.6) is 0 Å². The van der Waals surface area contributed by atoms with Gasteiger partial charge in [0.05, 0.1) is 24.2 Å². The number of carbonyl (C=O) groups is 1. The van der Waals surface area contributed by atoms with Crippen LogP contribution in [-0.4, -0.2) is 15.9 Å². The van der Waals surface area contributed by atoms with Crippen LogP contribution in [0.1, 0.15) is 6.42 Å². The van der Waals surface area contributed by atoms with E-state index < -0.39 is 0 Å². The third-order valence-electron chi connectivity index (χ3n) is 1.08. The molecule has 1 rings (SSSR count). The first kappa shape index (κ1) is 8.14. The Kier molecular flexibility index (Phi) is 2.73. The van der Waals surface area contributed by atoms with Crippen LogP contribution in [0.2, 0.25) is 0 Å². The van der Waals surface area contributed by atoms with Gasteiger partial charge in [-0.25, -0.2) is 9.97 Å². The average molecular weight is 162 g/mol. The van der Waals surface area contributed by atoms with Crippen molar-refractivity contribution >= 4 is 11.6 Å². The van der Waals surface area contributed by atoms with Crippen molar-refractivity contribution in [3.05, 3.63) is 18.7 Å². The average Bonchev–Trinajstić information content (AvgIpc) is 2.06. The summed E-state index contributed by atoms with van der Waals surface area (Å²) in [7, 11) is 0. The van der Waals surface area contributed by atoms with Gasteiger partial charge >= 0.3 is 0 Å². The van der Waals surface area contributed by atoms with Gasteiger partial charge in [0.1, 0.15) is 12.7 Å². The number of hydrogen-bond donors (Lipinski definition) is 1. The van der Waals surface area contributed by atoms with Crippen LogP contribution in [0.25, 0.3) is 0 Å². The van der Waals surface area contributed by atoms with Gasteiger partial charge in [0.25, 0.3) is 0 Å². The van der Waals surface area contributed by atoms with Gasteiger partial charge in [0, 0.05) is 0 Å². The molecule has 0 aliphatic rings. The quantitative estimate of drug-likeness (QED) is 0.679. The van der Waals surface area contributed by atoms with Gasteiger partial charge in [0.2, 0.25) is 5.91 Å². The molecular formula is C7H6N4O. The summed E-state index contributed by atoms with van der Waals surface area (Å²) >= 11 is 0. The highest BCUT2D eigenvalue weighted by Crippen LogP contribution is 2.00. The van der Waals surface area contributed by atoms with Crippen LogP contribution in [0.15, 0.2) is 18.7 Å². The predicted molar refractivity (Wildman–Crippen MR) is 40.9 cm³/mol. The van der Waals surface area contributed by atoms with E-state index in [2.05, 4.69) is 15.3 Å². The first-order chi connectivity index (χ1) is 5.83. The van der Waals surface area contributed by atoms with Crippen LogP contribution in [0.4, 0.5) is 5.69 Å². The summed E-state index contributed by atoms with van der Waals surface area (Å²) in [5.74, 6) is -0.354. The molecule has 1 aromatic heterocycles. The molecule has 0 unspecified atom stereocenters. The summed E-state index contributed by atoms with van der Waals surface area (Å²) in [6, 6.07) is 1.73. The molecule has 0 atom stereocenters. The Labute approximate surface area is 69.1 Å². The fraction of sp³-hybridized carbons (Fsp3) is 0.143. The van der Waals surface area contributed by atoms with Crippen molar-refractivity contribution in [3.63, 3.8) is 0 Å². The van der Waals surface area contributed by atoms with Gasteiger partial charge in [-0.3, -0.25) is 4.79 Å². The molecule has 5 heteroatoms. The lowest BCUT2D eigenvalue weighted by Crippen LogP contribution is -2.10. The SMILES string of the molecule is N#CCC(=O)Nc1cncnc1. The Morgan fingerprint density at radius 1 is 1.58 bits per heavy atom. The van der Waals surface area contributed by atoms with Crippen LogP contribution < -0.4 is 5.32 Å². The van der Waals surface area contributed by atoms with Crippen molar-refractivity contribution in [2.75, 3.05) is 5.32 Å². The molecule has 0 aliphatic carbocycles. The van der Waals surface area contributed by atoms with Crippen molar-refractivity contribution < 1.29 is 4.79 Å². The maximum absolute atomic E-state index is 10.8. The molecule has 0 aromatic carbocycles. The second-order valence-corrected chi connectivity index (χ2v) is 2.01. The standard InChI is InChI=1S/C7H6N4O/c8-2-1-7(12)11-6-3-9-5-10-4-6/h3-5H,1H2,(H,11,12). The maximum Gasteiger partial charge on any atom is 0.238 e. The number of nitrogens with zero attached hydrogens (tertiary/aromatic N) is 3. The highest BCUT2D eigenvalue weighted by Gasteiger charge is 1.99. The summed E-state index contributed by atoms with van der Waals surface area (Å²) in [4.78, 5) is 18.2. The Morgan fingerprint density at radius 2 is 2.25 bits per heavy atom. The Hall–Kier alpha value is -1.96. The highest BCUT2D eigenvalue weighted by atomic mass is 16.1. The van der Waals surface area contributed by atoms with E-state index in [1.165, 1.54) is 18.7 Å². The third kappa shape index (κ3) is 2.34. The Bertz CT molecular complexity index is 303. The molecule has 0 fully saturated rings. The van der Waals surface area contributed by atoms with Gasteiger partial charge < -0.3 is 5.32 Å². The van der Waals surface area contributed by atoms with E-state index in [1.54, 1.807) is 6.07 Å². The smallest absolute Gasteiger partial charge is 0.238 e. The van der Waals surface area contributed by atoms with E-state index in [-0.39, 0.29) is 12.3 Å². The number of carbonyl (C=O) groups excluding carboxylic acids is 1. The largest absolute Gasteiger partial charge is 0.323 e. The number of nitriles is 1. The molecule has 0 saturated heterocycles. The topological polar surface area (TPSA) is 78.7 Å². The van der Waals surface area contributed by atoms with Crippen molar-refractivity contribution in [3.8, 4) is 6.07 Å². The number of anilines is 1. The van der Waals surface area contributed by atoms with Crippen molar-refractivity contribution in [2.45, 2.75) is 6.42 Å². The van der Waals surface area contributed by atoms with E-state index >= 15 is 0 Å². The first-order valence-corrected chi connectivity index (χ1v) is 3.24. The molecule has 1 aromatic rings. The second kappa shape index (κ2) is 4.03. The zero-order chi connectivity index (χ0) is 8.81. The summed E-state index contributed by atoms with van der Waals surface area (Å²) in [5.41, 5.74) is 0.498. The van der Waals surface area contributed by atoms with Crippen molar-refractivity contribution in [1.29, 1.82) is 5.26 Å². The number of hydrogen-bond acceptors (Lipinski definition) is 4. The zero-order valence-electron chi connectivity index (χ0n) is 6.19. The molecule has 1 N–H and O–H groups in total. The number of rotatable bonds is 2.